The molecule has 1 fully saturated rings. The number of alkyl halides is 1. The zero-order valence-electron chi connectivity index (χ0n) is 6.94. The van der Waals surface area contributed by atoms with Crippen molar-refractivity contribution in [2.24, 2.45) is 11.8 Å². The Bertz CT molecular complexity index is 101. The van der Waals surface area contributed by atoms with Gasteiger partial charge in [-0.25, -0.2) is 0 Å². The molecule has 0 nitrogen and oxygen atoms in total. The van der Waals surface area contributed by atoms with Gasteiger partial charge in [0.2, 0.25) is 0 Å². The average molecular weight is 161 g/mol. The third-order valence-corrected chi connectivity index (χ3v) is 3.40. The molecule has 1 aliphatic carbocycles. The van der Waals surface area contributed by atoms with Crippen molar-refractivity contribution in [3.63, 3.8) is 0 Å². The van der Waals surface area contributed by atoms with E-state index < -0.39 is 0 Å². The molecule has 0 spiro atoms. The molecule has 0 N–H and O–H groups in total. The van der Waals surface area contributed by atoms with E-state index in [9.17, 15) is 0 Å². The molecule has 0 aromatic rings. The summed E-state index contributed by atoms with van der Waals surface area (Å²) in [6.45, 7) is 4.56. The minimum atomic E-state index is 0.461. The molecule has 0 aromatic heterocycles. The summed E-state index contributed by atoms with van der Waals surface area (Å²) in [7, 11) is 0. The van der Waals surface area contributed by atoms with Crippen molar-refractivity contribution in [2.75, 3.05) is 0 Å². The summed E-state index contributed by atoms with van der Waals surface area (Å²) in [5.41, 5.74) is 0. The van der Waals surface area contributed by atoms with Gasteiger partial charge in [0.05, 0.1) is 0 Å². The molecular formula is C9H17Cl. The third-order valence-electron chi connectivity index (χ3n) is 2.75. The van der Waals surface area contributed by atoms with E-state index in [1.165, 1.54) is 25.7 Å². The molecule has 3 unspecified atom stereocenters. The maximum Gasteiger partial charge on any atom is 0.0361 e. The van der Waals surface area contributed by atoms with Gasteiger partial charge in [0, 0.05) is 5.38 Å². The number of halogens is 1. The molecule has 1 saturated carbocycles. The predicted octanol–water partition coefficient (Wildman–Crippen LogP) is 3.44. The predicted molar refractivity (Wildman–Crippen MR) is 46.4 cm³/mol. The van der Waals surface area contributed by atoms with Crippen molar-refractivity contribution in [1.29, 1.82) is 0 Å². The molecule has 10 heavy (non-hydrogen) atoms. The molecule has 60 valence electrons. The quantitative estimate of drug-likeness (QED) is 0.516. The van der Waals surface area contributed by atoms with Crippen LogP contribution in [0.1, 0.15) is 39.5 Å². The lowest BCUT2D eigenvalue weighted by molar-refractivity contribution is 0.282. The van der Waals surface area contributed by atoms with Crippen molar-refractivity contribution in [1.82, 2.24) is 0 Å². The minimum Gasteiger partial charge on any atom is -0.123 e. The number of hydrogen-bond donors (Lipinski definition) is 0. The highest BCUT2D eigenvalue weighted by Crippen LogP contribution is 2.33. The Morgan fingerprint density at radius 1 is 1.40 bits per heavy atom. The van der Waals surface area contributed by atoms with Crippen molar-refractivity contribution in [2.45, 2.75) is 44.9 Å². The van der Waals surface area contributed by atoms with Gasteiger partial charge in [-0.2, -0.15) is 0 Å². The molecule has 0 saturated heterocycles. The van der Waals surface area contributed by atoms with E-state index in [1.807, 2.05) is 0 Å². The fraction of sp³-hybridized carbons (Fsp3) is 1.00. The first-order chi connectivity index (χ1) is 4.74. The average Bonchev–Trinajstić information content (AvgIpc) is 1.95. The zero-order chi connectivity index (χ0) is 7.56. The van der Waals surface area contributed by atoms with Crippen LogP contribution < -0.4 is 0 Å². The largest absolute Gasteiger partial charge is 0.123 e. The van der Waals surface area contributed by atoms with Crippen LogP contribution in [0.5, 0.6) is 0 Å². The van der Waals surface area contributed by atoms with E-state index in [1.54, 1.807) is 0 Å². The fourth-order valence-electron chi connectivity index (χ4n) is 1.84. The van der Waals surface area contributed by atoms with Crippen LogP contribution in [0.15, 0.2) is 0 Å². The van der Waals surface area contributed by atoms with E-state index in [0.717, 1.165) is 11.8 Å². The van der Waals surface area contributed by atoms with Crippen LogP contribution in [0.25, 0.3) is 0 Å². The standard InChI is InChI=1S/C9H17Cl/c1-3-8-4-5-9(10)7(2)6-8/h7-9H,3-6H2,1-2H3. The van der Waals surface area contributed by atoms with Gasteiger partial charge in [-0.15, -0.1) is 11.6 Å². The summed E-state index contributed by atoms with van der Waals surface area (Å²) in [5, 5.41) is 0.461. The van der Waals surface area contributed by atoms with E-state index in [-0.39, 0.29) is 0 Å². The van der Waals surface area contributed by atoms with E-state index in [4.69, 9.17) is 11.6 Å². The van der Waals surface area contributed by atoms with E-state index in [0.29, 0.717) is 5.38 Å². The molecule has 0 aromatic carbocycles. The number of rotatable bonds is 1. The summed E-state index contributed by atoms with van der Waals surface area (Å²) in [6, 6.07) is 0. The molecule has 0 aliphatic heterocycles. The van der Waals surface area contributed by atoms with Gasteiger partial charge < -0.3 is 0 Å². The first kappa shape index (κ1) is 8.39. The smallest absolute Gasteiger partial charge is 0.0361 e. The van der Waals surface area contributed by atoms with Crippen LogP contribution >= 0.6 is 11.6 Å². The van der Waals surface area contributed by atoms with E-state index >= 15 is 0 Å². The molecule has 0 amide bonds. The lowest BCUT2D eigenvalue weighted by atomic mass is 9.81. The van der Waals surface area contributed by atoms with Gasteiger partial charge in [-0.3, -0.25) is 0 Å². The molecule has 1 aliphatic rings. The van der Waals surface area contributed by atoms with Crippen LogP contribution in [0.2, 0.25) is 0 Å². The highest BCUT2D eigenvalue weighted by molar-refractivity contribution is 6.20. The molecule has 0 radical (unpaired) electrons. The van der Waals surface area contributed by atoms with Crippen molar-refractivity contribution in [3.05, 3.63) is 0 Å². The molecule has 0 bridgehead atoms. The van der Waals surface area contributed by atoms with Crippen LogP contribution in [0, 0.1) is 11.8 Å². The summed E-state index contributed by atoms with van der Waals surface area (Å²) in [4.78, 5) is 0. The van der Waals surface area contributed by atoms with Crippen LogP contribution in [-0.4, -0.2) is 5.38 Å². The Balaban J connectivity index is 2.33. The molecule has 3 atom stereocenters. The zero-order valence-corrected chi connectivity index (χ0v) is 7.69. The molecule has 0 heterocycles. The lowest BCUT2D eigenvalue weighted by Crippen LogP contribution is -2.22. The normalized spacial score (nSPS) is 41.7. The van der Waals surface area contributed by atoms with Gasteiger partial charge in [-0.1, -0.05) is 20.3 Å². The minimum absolute atomic E-state index is 0.461. The SMILES string of the molecule is CCC1CCC(Cl)C(C)C1. The van der Waals surface area contributed by atoms with Gasteiger partial charge in [0.1, 0.15) is 0 Å². The second-order valence-electron chi connectivity index (χ2n) is 3.58. The first-order valence-electron chi connectivity index (χ1n) is 4.38. The lowest BCUT2D eigenvalue weighted by Gasteiger charge is -2.29. The maximum atomic E-state index is 6.09. The Morgan fingerprint density at radius 3 is 2.60 bits per heavy atom. The Morgan fingerprint density at radius 2 is 2.10 bits per heavy atom. The second-order valence-corrected chi connectivity index (χ2v) is 4.14. The highest BCUT2D eigenvalue weighted by Gasteiger charge is 2.24. The maximum absolute atomic E-state index is 6.09. The van der Waals surface area contributed by atoms with Crippen LogP contribution in [0.4, 0.5) is 0 Å². The summed E-state index contributed by atoms with van der Waals surface area (Å²) in [6.07, 6.45) is 5.29. The molecule has 1 heteroatoms. The summed E-state index contributed by atoms with van der Waals surface area (Å²) in [5.74, 6) is 1.71. The van der Waals surface area contributed by atoms with Crippen molar-refractivity contribution >= 4 is 11.6 Å². The van der Waals surface area contributed by atoms with Gasteiger partial charge in [-0.05, 0) is 31.1 Å². The number of hydrogen-bond acceptors (Lipinski definition) is 0. The monoisotopic (exact) mass is 160 g/mol. The van der Waals surface area contributed by atoms with Gasteiger partial charge in [0.15, 0.2) is 0 Å². The van der Waals surface area contributed by atoms with E-state index in [2.05, 4.69) is 13.8 Å². The molecular weight excluding hydrogens is 144 g/mol. The van der Waals surface area contributed by atoms with Crippen LogP contribution in [0.3, 0.4) is 0 Å². The van der Waals surface area contributed by atoms with Crippen molar-refractivity contribution < 1.29 is 0 Å². The second kappa shape index (κ2) is 3.61. The Labute approximate surface area is 69.0 Å². The molecule has 1 rings (SSSR count). The third kappa shape index (κ3) is 1.88. The Hall–Kier alpha value is 0.290. The summed E-state index contributed by atoms with van der Waals surface area (Å²) >= 11 is 6.09. The summed E-state index contributed by atoms with van der Waals surface area (Å²) < 4.78 is 0. The van der Waals surface area contributed by atoms with Crippen LogP contribution in [-0.2, 0) is 0 Å². The highest BCUT2D eigenvalue weighted by atomic mass is 35.5. The Kier molecular flexibility index (Phi) is 3.03. The topological polar surface area (TPSA) is 0 Å². The van der Waals surface area contributed by atoms with Crippen molar-refractivity contribution in [3.8, 4) is 0 Å². The first-order valence-corrected chi connectivity index (χ1v) is 4.81. The van der Waals surface area contributed by atoms with Gasteiger partial charge >= 0.3 is 0 Å². The fourth-order valence-corrected chi connectivity index (χ4v) is 2.07. The van der Waals surface area contributed by atoms with Gasteiger partial charge in [0.25, 0.3) is 0 Å².